The van der Waals surface area contributed by atoms with Gasteiger partial charge < -0.3 is 14.8 Å². The number of amides is 1. The van der Waals surface area contributed by atoms with Gasteiger partial charge in [0.25, 0.3) is 5.91 Å². The van der Waals surface area contributed by atoms with Crippen LogP contribution in [-0.2, 0) is 13.2 Å². The topological polar surface area (TPSA) is 65.4 Å². The Morgan fingerprint density at radius 3 is 2.26 bits per heavy atom. The molecule has 0 spiro atoms. The van der Waals surface area contributed by atoms with Crippen molar-refractivity contribution in [1.29, 1.82) is 0 Å². The molecule has 3 aromatic carbocycles. The first-order valence-corrected chi connectivity index (χ1v) is 11.8. The van der Waals surface area contributed by atoms with Gasteiger partial charge in [0.2, 0.25) is 0 Å². The van der Waals surface area contributed by atoms with Crippen molar-refractivity contribution in [2.24, 2.45) is 0 Å². The van der Waals surface area contributed by atoms with E-state index in [1.165, 1.54) is 11.1 Å². The van der Waals surface area contributed by atoms with E-state index >= 15 is 0 Å². The molecule has 0 bridgehead atoms. The fourth-order valence-corrected chi connectivity index (χ4v) is 3.85. The van der Waals surface area contributed by atoms with E-state index in [2.05, 4.69) is 41.6 Å². The van der Waals surface area contributed by atoms with Crippen LogP contribution >= 0.6 is 0 Å². The third-order valence-corrected chi connectivity index (χ3v) is 5.80. The number of ether oxygens (including phenoxy) is 2. The zero-order valence-electron chi connectivity index (χ0n) is 20.7. The van der Waals surface area contributed by atoms with Gasteiger partial charge in [0.15, 0.2) is 0 Å². The van der Waals surface area contributed by atoms with Gasteiger partial charge in [-0.1, -0.05) is 42.0 Å². The van der Waals surface area contributed by atoms with Gasteiger partial charge in [0.1, 0.15) is 18.1 Å². The molecule has 1 amide bonds. The molecule has 0 aliphatic carbocycles. The van der Waals surface area contributed by atoms with Crippen molar-refractivity contribution < 1.29 is 14.3 Å². The van der Waals surface area contributed by atoms with Crippen molar-refractivity contribution in [1.82, 2.24) is 9.78 Å². The molecule has 0 atom stereocenters. The fourth-order valence-electron chi connectivity index (χ4n) is 3.85. The Kier molecular flexibility index (Phi) is 7.51. The number of aromatic nitrogens is 2. The number of carbonyl (C=O) groups is 1. The highest BCUT2D eigenvalue weighted by atomic mass is 16.5. The minimum absolute atomic E-state index is 0.172. The molecular formula is C29H31N3O3. The molecule has 1 heterocycles. The highest BCUT2D eigenvalue weighted by Crippen LogP contribution is 2.22. The third-order valence-electron chi connectivity index (χ3n) is 5.80. The number of nitrogens with one attached hydrogen (secondary N) is 1. The minimum Gasteiger partial charge on any atom is -0.494 e. The number of nitrogens with zero attached hydrogens (tertiary/aromatic N) is 2. The third kappa shape index (κ3) is 6.09. The second kappa shape index (κ2) is 10.9. The van der Waals surface area contributed by atoms with Crippen LogP contribution in [0.4, 0.5) is 5.69 Å². The Hall–Kier alpha value is -4.06. The summed E-state index contributed by atoms with van der Waals surface area (Å²) in [6.07, 6.45) is 0. The SMILES string of the molecule is CCOc1ccc(OCc2cccc(C(=O)Nc3c(C)nn(Cc4ccc(C)cc4)c3C)c2)cc1. The summed E-state index contributed by atoms with van der Waals surface area (Å²) in [5.74, 6) is 1.39. The fraction of sp³-hybridized carbons (Fsp3) is 0.241. The lowest BCUT2D eigenvalue weighted by Gasteiger charge is -2.10. The smallest absolute Gasteiger partial charge is 0.255 e. The van der Waals surface area contributed by atoms with Crippen LogP contribution in [0, 0.1) is 20.8 Å². The highest BCUT2D eigenvalue weighted by molar-refractivity contribution is 6.05. The second-order valence-electron chi connectivity index (χ2n) is 8.54. The van der Waals surface area contributed by atoms with Crippen LogP contribution in [0.25, 0.3) is 0 Å². The molecule has 35 heavy (non-hydrogen) atoms. The summed E-state index contributed by atoms with van der Waals surface area (Å²) in [5, 5.41) is 7.70. The Balaban J connectivity index is 1.41. The molecule has 0 aliphatic rings. The van der Waals surface area contributed by atoms with Crippen molar-refractivity contribution >= 4 is 11.6 Å². The van der Waals surface area contributed by atoms with E-state index in [0.29, 0.717) is 25.3 Å². The first-order valence-electron chi connectivity index (χ1n) is 11.8. The lowest BCUT2D eigenvalue weighted by Crippen LogP contribution is -2.14. The highest BCUT2D eigenvalue weighted by Gasteiger charge is 2.16. The van der Waals surface area contributed by atoms with Crippen LogP contribution in [0.1, 0.15) is 45.4 Å². The van der Waals surface area contributed by atoms with Crippen molar-refractivity contribution in [3.05, 3.63) is 106 Å². The van der Waals surface area contributed by atoms with E-state index in [9.17, 15) is 4.79 Å². The van der Waals surface area contributed by atoms with Crippen LogP contribution in [0.3, 0.4) is 0 Å². The Bertz CT molecular complexity index is 1290. The number of hydrogen-bond acceptors (Lipinski definition) is 4. The van der Waals surface area contributed by atoms with Gasteiger partial charge >= 0.3 is 0 Å². The van der Waals surface area contributed by atoms with Gasteiger partial charge in [-0.25, -0.2) is 0 Å². The number of aryl methyl sites for hydroxylation is 2. The van der Waals surface area contributed by atoms with Crippen molar-refractivity contribution in [3.63, 3.8) is 0 Å². The summed E-state index contributed by atoms with van der Waals surface area (Å²) < 4.78 is 13.3. The van der Waals surface area contributed by atoms with Gasteiger partial charge in [-0.2, -0.15) is 5.10 Å². The Labute approximate surface area is 206 Å². The first kappa shape index (κ1) is 24.1. The molecule has 1 aromatic heterocycles. The van der Waals surface area contributed by atoms with Crippen molar-refractivity contribution in [3.8, 4) is 11.5 Å². The summed E-state index contributed by atoms with van der Waals surface area (Å²) in [7, 11) is 0. The summed E-state index contributed by atoms with van der Waals surface area (Å²) in [6, 6.07) is 23.4. The second-order valence-corrected chi connectivity index (χ2v) is 8.54. The van der Waals surface area contributed by atoms with Crippen LogP contribution in [0.2, 0.25) is 0 Å². The van der Waals surface area contributed by atoms with Gasteiger partial charge in [-0.3, -0.25) is 9.48 Å². The van der Waals surface area contributed by atoms with Crippen molar-refractivity contribution in [2.45, 2.75) is 40.8 Å². The maximum absolute atomic E-state index is 13.0. The quantitative estimate of drug-likeness (QED) is 0.322. The number of rotatable bonds is 9. The predicted molar refractivity (Wildman–Crippen MR) is 138 cm³/mol. The zero-order valence-corrected chi connectivity index (χ0v) is 20.7. The maximum Gasteiger partial charge on any atom is 0.255 e. The molecule has 1 N–H and O–H groups in total. The average molecular weight is 470 g/mol. The largest absolute Gasteiger partial charge is 0.494 e. The van der Waals surface area contributed by atoms with E-state index in [4.69, 9.17) is 9.47 Å². The lowest BCUT2D eigenvalue weighted by atomic mass is 10.1. The minimum atomic E-state index is -0.172. The molecule has 0 saturated heterocycles. The van der Waals surface area contributed by atoms with E-state index in [1.54, 1.807) is 6.07 Å². The monoisotopic (exact) mass is 469 g/mol. The van der Waals surface area contributed by atoms with E-state index in [1.807, 2.05) is 67.9 Å². The molecule has 180 valence electrons. The first-order chi connectivity index (χ1) is 16.9. The average Bonchev–Trinajstić information content (AvgIpc) is 3.12. The summed E-state index contributed by atoms with van der Waals surface area (Å²) in [4.78, 5) is 13.0. The van der Waals surface area contributed by atoms with E-state index in [0.717, 1.165) is 34.1 Å². The van der Waals surface area contributed by atoms with Crippen molar-refractivity contribution in [2.75, 3.05) is 11.9 Å². The molecule has 0 aliphatic heterocycles. The van der Waals surface area contributed by atoms with Gasteiger partial charge in [-0.15, -0.1) is 0 Å². The van der Waals surface area contributed by atoms with Gasteiger partial charge in [-0.05, 0) is 75.2 Å². The molecule has 0 radical (unpaired) electrons. The molecule has 6 heteroatoms. The maximum atomic E-state index is 13.0. The van der Waals surface area contributed by atoms with Crippen LogP contribution in [0.15, 0.2) is 72.8 Å². The van der Waals surface area contributed by atoms with Crippen LogP contribution < -0.4 is 14.8 Å². The molecule has 0 saturated carbocycles. The van der Waals surface area contributed by atoms with E-state index in [-0.39, 0.29) is 5.91 Å². The van der Waals surface area contributed by atoms with E-state index < -0.39 is 0 Å². The molecule has 4 aromatic rings. The summed E-state index contributed by atoms with van der Waals surface area (Å²) in [5.41, 5.74) is 6.34. The summed E-state index contributed by atoms with van der Waals surface area (Å²) >= 11 is 0. The van der Waals surface area contributed by atoms with Gasteiger partial charge in [0.05, 0.1) is 30.2 Å². The number of benzene rings is 3. The predicted octanol–water partition coefficient (Wildman–Crippen LogP) is 6.09. The Morgan fingerprint density at radius 2 is 1.57 bits per heavy atom. The summed E-state index contributed by atoms with van der Waals surface area (Å²) in [6.45, 7) is 9.56. The number of carbonyl (C=O) groups excluding carboxylic acids is 1. The molecule has 0 fully saturated rings. The molecular weight excluding hydrogens is 438 g/mol. The lowest BCUT2D eigenvalue weighted by molar-refractivity contribution is 0.102. The molecule has 0 unspecified atom stereocenters. The van der Waals surface area contributed by atoms with Crippen LogP contribution in [-0.4, -0.2) is 22.3 Å². The van der Waals surface area contributed by atoms with Crippen LogP contribution in [0.5, 0.6) is 11.5 Å². The zero-order chi connectivity index (χ0) is 24.8. The van der Waals surface area contributed by atoms with Gasteiger partial charge in [0, 0.05) is 5.56 Å². The number of hydrogen-bond donors (Lipinski definition) is 1. The standard InChI is InChI=1S/C29H31N3O3/c1-5-34-26-13-15-27(16-14-26)35-19-24-7-6-8-25(17-24)29(33)30-28-21(3)31-32(22(28)4)18-23-11-9-20(2)10-12-23/h6-17H,5,18-19H2,1-4H3,(H,30,33). The molecule has 4 rings (SSSR count). The Morgan fingerprint density at radius 1 is 0.886 bits per heavy atom. The molecule has 6 nitrogen and oxygen atoms in total. The number of anilines is 1. The normalized spacial score (nSPS) is 10.7.